The maximum atomic E-state index is 11.0. The number of rotatable bonds is 8. The fraction of sp³-hybridized carbons (Fsp3) is 0.643. The second-order valence-electron chi connectivity index (χ2n) is 4.88. The Morgan fingerprint density at radius 2 is 1.74 bits per heavy atom. The Bertz CT molecular complexity index is 408. The fourth-order valence-electron chi connectivity index (χ4n) is 1.70. The van der Waals surface area contributed by atoms with Crippen molar-refractivity contribution in [3.63, 3.8) is 0 Å². The lowest BCUT2D eigenvalue weighted by atomic mass is 10.3. The normalized spacial score (nSPS) is 10.3. The van der Waals surface area contributed by atoms with Crippen LogP contribution in [-0.4, -0.2) is 42.9 Å². The molecular weight excluding hydrogens is 240 g/mol. The van der Waals surface area contributed by atoms with Crippen LogP contribution in [0.4, 0.5) is 11.6 Å². The van der Waals surface area contributed by atoms with Gasteiger partial charge in [0.2, 0.25) is 0 Å². The highest BCUT2D eigenvalue weighted by atomic mass is 16.1. The lowest BCUT2D eigenvalue weighted by Crippen LogP contribution is -2.23. The number of anilines is 2. The van der Waals surface area contributed by atoms with Crippen LogP contribution in [0.3, 0.4) is 0 Å². The summed E-state index contributed by atoms with van der Waals surface area (Å²) in [6.07, 6.45) is 4.44. The molecule has 0 saturated carbocycles. The van der Waals surface area contributed by atoms with E-state index in [0.29, 0.717) is 13.0 Å². The van der Waals surface area contributed by atoms with E-state index in [1.165, 1.54) is 6.42 Å². The van der Waals surface area contributed by atoms with Gasteiger partial charge >= 0.3 is 0 Å². The van der Waals surface area contributed by atoms with Gasteiger partial charge in [-0.25, -0.2) is 9.97 Å². The summed E-state index contributed by atoms with van der Waals surface area (Å²) < 4.78 is 0. The first-order valence-electron chi connectivity index (χ1n) is 6.78. The first-order valence-corrected chi connectivity index (χ1v) is 6.78. The zero-order valence-corrected chi connectivity index (χ0v) is 12.4. The van der Waals surface area contributed by atoms with E-state index in [-0.39, 0.29) is 5.78 Å². The molecule has 0 amide bonds. The Labute approximate surface area is 115 Å². The minimum atomic E-state index is 0.196. The van der Waals surface area contributed by atoms with Gasteiger partial charge in [-0.1, -0.05) is 13.3 Å². The molecule has 1 aromatic heterocycles. The highest BCUT2D eigenvalue weighted by molar-refractivity contribution is 5.76. The van der Waals surface area contributed by atoms with Gasteiger partial charge in [0, 0.05) is 39.7 Å². The molecule has 0 unspecified atom stereocenters. The molecule has 0 fully saturated rings. The Morgan fingerprint density at radius 1 is 1.16 bits per heavy atom. The zero-order chi connectivity index (χ0) is 14.3. The third-order valence-corrected chi connectivity index (χ3v) is 3.07. The summed E-state index contributed by atoms with van der Waals surface area (Å²) in [5, 5.41) is 0. The molecular formula is C14H24N4O. The highest BCUT2D eigenvalue weighted by Gasteiger charge is 2.08. The lowest BCUT2D eigenvalue weighted by molar-refractivity contribution is -0.116. The summed E-state index contributed by atoms with van der Waals surface area (Å²) in [7, 11) is 3.98. The van der Waals surface area contributed by atoms with Crippen molar-refractivity contribution in [2.75, 3.05) is 37.0 Å². The molecule has 1 rings (SSSR count). The molecule has 0 N–H and O–H groups in total. The Balaban J connectivity index is 2.67. The van der Waals surface area contributed by atoms with Gasteiger partial charge in [0.1, 0.15) is 23.7 Å². The van der Waals surface area contributed by atoms with E-state index in [1.807, 2.05) is 25.1 Å². The van der Waals surface area contributed by atoms with Gasteiger partial charge in [-0.15, -0.1) is 0 Å². The van der Waals surface area contributed by atoms with Crippen LogP contribution < -0.4 is 9.80 Å². The molecule has 0 aliphatic rings. The van der Waals surface area contributed by atoms with E-state index in [9.17, 15) is 4.79 Å². The molecule has 0 radical (unpaired) electrons. The molecule has 0 aromatic carbocycles. The van der Waals surface area contributed by atoms with Crippen molar-refractivity contribution in [1.29, 1.82) is 0 Å². The molecule has 5 heteroatoms. The standard InChI is InChI=1S/C14H24N4O/c1-5-6-8-17(3)13-10-14(16-11-15-13)18(4)9-7-12(2)19/h10-11H,5-9H2,1-4H3. The number of hydrogen-bond acceptors (Lipinski definition) is 5. The van der Waals surface area contributed by atoms with Crippen molar-refractivity contribution in [2.24, 2.45) is 0 Å². The van der Waals surface area contributed by atoms with Gasteiger partial charge in [-0.2, -0.15) is 0 Å². The van der Waals surface area contributed by atoms with E-state index in [4.69, 9.17) is 0 Å². The van der Waals surface area contributed by atoms with Crippen molar-refractivity contribution in [3.05, 3.63) is 12.4 Å². The van der Waals surface area contributed by atoms with Crippen LogP contribution in [0.25, 0.3) is 0 Å². The van der Waals surface area contributed by atoms with Crippen LogP contribution in [-0.2, 0) is 4.79 Å². The molecule has 1 heterocycles. The van der Waals surface area contributed by atoms with Crippen molar-refractivity contribution < 1.29 is 4.79 Å². The molecule has 5 nitrogen and oxygen atoms in total. The van der Waals surface area contributed by atoms with Crippen molar-refractivity contribution in [3.8, 4) is 0 Å². The number of aromatic nitrogens is 2. The quantitative estimate of drug-likeness (QED) is 0.720. The minimum Gasteiger partial charge on any atom is -0.360 e. The van der Waals surface area contributed by atoms with Crippen LogP contribution in [0.2, 0.25) is 0 Å². The van der Waals surface area contributed by atoms with Crippen LogP contribution in [0.5, 0.6) is 0 Å². The first-order chi connectivity index (χ1) is 9.04. The second kappa shape index (κ2) is 7.71. The molecule has 1 aromatic rings. The summed E-state index contributed by atoms with van der Waals surface area (Å²) in [4.78, 5) is 23.7. The predicted octanol–water partition coefficient (Wildman–Crippen LogP) is 2.13. The van der Waals surface area contributed by atoms with Crippen LogP contribution >= 0.6 is 0 Å². The first kappa shape index (κ1) is 15.4. The molecule has 106 valence electrons. The number of Topliss-reactive ketones (excluding diaryl/α,β-unsaturated/α-hetero) is 1. The van der Waals surface area contributed by atoms with Gasteiger partial charge in [0.05, 0.1) is 0 Å². The molecule has 19 heavy (non-hydrogen) atoms. The Hall–Kier alpha value is -1.65. The monoisotopic (exact) mass is 264 g/mol. The molecule has 0 bridgehead atoms. The minimum absolute atomic E-state index is 0.196. The van der Waals surface area contributed by atoms with Gasteiger partial charge in [-0.05, 0) is 13.3 Å². The Kier molecular flexibility index (Phi) is 6.25. The van der Waals surface area contributed by atoms with Crippen LogP contribution in [0.15, 0.2) is 12.4 Å². The summed E-state index contributed by atoms with van der Waals surface area (Å²) >= 11 is 0. The number of carbonyl (C=O) groups excluding carboxylic acids is 1. The van der Waals surface area contributed by atoms with Crippen LogP contribution in [0, 0.1) is 0 Å². The second-order valence-corrected chi connectivity index (χ2v) is 4.88. The van der Waals surface area contributed by atoms with Gasteiger partial charge in [-0.3, -0.25) is 4.79 Å². The van der Waals surface area contributed by atoms with Gasteiger partial charge in [0.15, 0.2) is 0 Å². The van der Waals surface area contributed by atoms with Gasteiger partial charge in [0.25, 0.3) is 0 Å². The molecule has 0 atom stereocenters. The van der Waals surface area contributed by atoms with E-state index >= 15 is 0 Å². The summed E-state index contributed by atoms with van der Waals surface area (Å²) in [6.45, 7) is 5.46. The number of ketones is 1. The highest BCUT2D eigenvalue weighted by Crippen LogP contribution is 2.16. The average molecular weight is 264 g/mol. The molecule has 0 spiro atoms. The number of carbonyl (C=O) groups is 1. The maximum Gasteiger partial charge on any atom is 0.133 e. The number of unbranched alkanes of at least 4 members (excludes halogenated alkanes) is 1. The van der Waals surface area contributed by atoms with E-state index in [1.54, 1.807) is 13.3 Å². The zero-order valence-electron chi connectivity index (χ0n) is 12.4. The third kappa shape index (κ3) is 5.24. The average Bonchev–Trinajstić information content (AvgIpc) is 2.42. The Morgan fingerprint density at radius 3 is 2.26 bits per heavy atom. The molecule has 0 aliphatic heterocycles. The smallest absolute Gasteiger partial charge is 0.133 e. The summed E-state index contributed by atoms with van der Waals surface area (Å²) in [5.74, 6) is 1.98. The van der Waals surface area contributed by atoms with Crippen LogP contribution in [0.1, 0.15) is 33.1 Å². The SMILES string of the molecule is CCCCN(C)c1cc(N(C)CCC(C)=O)ncn1. The fourth-order valence-corrected chi connectivity index (χ4v) is 1.70. The predicted molar refractivity (Wildman–Crippen MR) is 78.8 cm³/mol. The number of nitrogens with zero attached hydrogens (tertiary/aromatic N) is 4. The van der Waals surface area contributed by atoms with E-state index < -0.39 is 0 Å². The molecule has 0 aliphatic carbocycles. The lowest BCUT2D eigenvalue weighted by Gasteiger charge is -2.21. The van der Waals surface area contributed by atoms with Crippen molar-refractivity contribution in [2.45, 2.75) is 33.1 Å². The van der Waals surface area contributed by atoms with Crippen molar-refractivity contribution in [1.82, 2.24) is 9.97 Å². The van der Waals surface area contributed by atoms with E-state index in [0.717, 1.165) is 24.6 Å². The summed E-state index contributed by atoms with van der Waals surface area (Å²) in [6, 6.07) is 1.97. The largest absolute Gasteiger partial charge is 0.360 e. The number of hydrogen-bond donors (Lipinski definition) is 0. The van der Waals surface area contributed by atoms with Gasteiger partial charge < -0.3 is 9.80 Å². The molecule has 0 saturated heterocycles. The maximum absolute atomic E-state index is 11.0. The van der Waals surface area contributed by atoms with E-state index in [2.05, 4.69) is 21.8 Å². The van der Waals surface area contributed by atoms with Crippen molar-refractivity contribution >= 4 is 17.4 Å². The topological polar surface area (TPSA) is 49.3 Å². The third-order valence-electron chi connectivity index (χ3n) is 3.07. The summed E-state index contributed by atoms with van der Waals surface area (Å²) in [5.41, 5.74) is 0.